The molecule has 0 atom stereocenters. The number of amides is 2. The van der Waals surface area contributed by atoms with E-state index in [1.54, 1.807) is 12.2 Å². The minimum Gasteiger partial charge on any atom is -0.473 e. The third-order valence-electron chi connectivity index (χ3n) is 2.95. The van der Waals surface area contributed by atoms with E-state index in [1.165, 1.54) is 22.3 Å². The van der Waals surface area contributed by atoms with E-state index in [0.717, 1.165) is 0 Å². The summed E-state index contributed by atoms with van der Waals surface area (Å²) in [6, 6.07) is 0. The summed E-state index contributed by atoms with van der Waals surface area (Å²) >= 11 is 5.18. The van der Waals surface area contributed by atoms with E-state index >= 15 is 0 Å². The largest absolute Gasteiger partial charge is 0.473 e. The van der Waals surface area contributed by atoms with E-state index in [9.17, 15) is 9.59 Å². The predicted molar refractivity (Wildman–Crippen MR) is 73.8 cm³/mol. The Bertz CT molecular complexity index is 492. The summed E-state index contributed by atoms with van der Waals surface area (Å²) in [4.78, 5) is 27.6. The van der Waals surface area contributed by atoms with Crippen LogP contribution in [-0.4, -0.2) is 39.8 Å². The molecule has 6 heteroatoms. The summed E-state index contributed by atoms with van der Waals surface area (Å²) in [5.41, 5.74) is 0.675. The Morgan fingerprint density at radius 1 is 1.05 bits per heavy atom. The van der Waals surface area contributed by atoms with Gasteiger partial charge in [0.2, 0.25) is 0 Å². The van der Waals surface area contributed by atoms with Gasteiger partial charge in [0.05, 0.1) is 12.5 Å². The maximum atomic E-state index is 12.4. The molecule has 5 nitrogen and oxygen atoms in total. The van der Waals surface area contributed by atoms with Crippen molar-refractivity contribution in [2.45, 2.75) is 13.8 Å². The number of rotatable bonds is 2. The van der Waals surface area contributed by atoms with Crippen molar-refractivity contribution < 1.29 is 14.3 Å². The van der Waals surface area contributed by atoms with Crippen LogP contribution in [0, 0.1) is 0 Å². The Kier molecular flexibility index (Phi) is 3.80. The van der Waals surface area contributed by atoms with E-state index in [4.69, 9.17) is 17.0 Å². The first kappa shape index (κ1) is 13.5. The van der Waals surface area contributed by atoms with Crippen molar-refractivity contribution >= 4 is 29.1 Å². The number of hydrogen-bond donors (Lipinski definition) is 0. The highest BCUT2D eigenvalue weighted by Gasteiger charge is 2.39. The fraction of sp³-hybridized carbons (Fsp3) is 0.308. The minimum absolute atomic E-state index is 0.133. The van der Waals surface area contributed by atoms with Crippen molar-refractivity contribution in [2.24, 2.45) is 0 Å². The van der Waals surface area contributed by atoms with Gasteiger partial charge in [-0.2, -0.15) is 0 Å². The fourth-order valence-corrected chi connectivity index (χ4v) is 2.40. The maximum Gasteiger partial charge on any atom is 0.266 e. The van der Waals surface area contributed by atoms with Gasteiger partial charge in [-0.3, -0.25) is 19.4 Å². The summed E-state index contributed by atoms with van der Waals surface area (Å²) in [5, 5.41) is 0.268. The van der Waals surface area contributed by atoms with Crippen LogP contribution in [0.2, 0.25) is 0 Å². The van der Waals surface area contributed by atoms with Crippen LogP contribution in [-0.2, 0) is 14.3 Å². The van der Waals surface area contributed by atoms with E-state index < -0.39 is 0 Å². The van der Waals surface area contributed by atoms with Gasteiger partial charge in [-0.05, 0) is 43.8 Å². The molecule has 2 heterocycles. The second kappa shape index (κ2) is 5.36. The first-order valence-corrected chi connectivity index (χ1v) is 6.43. The zero-order valence-corrected chi connectivity index (χ0v) is 11.6. The topological polar surface area (TPSA) is 49.9 Å². The Morgan fingerprint density at radius 2 is 1.53 bits per heavy atom. The molecule has 0 spiro atoms. The highest BCUT2D eigenvalue weighted by Crippen LogP contribution is 2.23. The molecule has 2 aliphatic rings. The van der Waals surface area contributed by atoms with Gasteiger partial charge in [0, 0.05) is 13.1 Å². The second-order valence-electron chi connectivity index (χ2n) is 3.95. The van der Waals surface area contributed by atoms with E-state index in [-0.39, 0.29) is 22.5 Å². The van der Waals surface area contributed by atoms with E-state index in [0.29, 0.717) is 18.7 Å². The van der Waals surface area contributed by atoms with Gasteiger partial charge >= 0.3 is 0 Å². The Hall–Kier alpha value is -1.95. The quantitative estimate of drug-likeness (QED) is 0.434. The van der Waals surface area contributed by atoms with E-state index in [2.05, 4.69) is 0 Å². The molecule has 0 aromatic carbocycles. The maximum absolute atomic E-state index is 12.4. The molecule has 2 amide bonds. The molecule has 2 aliphatic heterocycles. The highest BCUT2D eigenvalue weighted by atomic mass is 32.1. The molecule has 0 aromatic rings. The molecule has 100 valence electrons. The summed E-state index contributed by atoms with van der Waals surface area (Å²) in [6.45, 7) is 4.52. The number of carbonyl (C=O) groups is 2. The van der Waals surface area contributed by atoms with Gasteiger partial charge in [-0.25, -0.2) is 0 Å². The summed E-state index contributed by atoms with van der Waals surface area (Å²) in [5.74, 6) is -0.707. The number of likely N-dealkylation sites (N-methyl/N-ethyl adjacent to an activating group) is 2. The molecule has 19 heavy (non-hydrogen) atoms. The first-order chi connectivity index (χ1) is 9.11. The van der Waals surface area contributed by atoms with Crippen molar-refractivity contribution in [3.63, 3.8) is 0 Å². The molecule has 0 N–H and O–H groups in total. The average Bonchev–Trinajstić information content (AvgIpc) is 2.41. The van der Waals surface area contributed by atoms with Crippen molar-refractivity contribution in [1.82, 2.24) is 9.80 Å². The van der Waals surface area contributed by atoms with Crippen LogP contribution in [0.25, 0.3) is 0 Å². The van der Waals surface area contributed by atoms with Crippen LogP contribution in [0.4, 0.5) is 0 Å². The normalized spacial score (nSPS) is 19.4. The van der Waals surface area contributed by atoms with Gasteiger partial charge in [0.25, 0.3) is 11.8 Å². The van der Waals surface area contributed by atoms with Crippen molar-refractivity contribution in [3.05, 3.63) is 35.8 Å². The van der Waals surface area contributed by atoms with Crippen LogP contribution < -0.4 is 0 Å². The molecule has 0 bridgehead atoms. The average molecular weight is 278 g/mol. The molecule has 0 saturated carbocycles. The smallest absolute Gasteiger partial charge is 0.266 e. The number of ether oxygens (including phenoxy) is 1. The molecule has 0 aromatic heterocycles. The summed E-state index contributed by atoms with van der Waals surface area (Å²) in [7, 11) is 0. The number of thiocarbonyl (C=S) groups is 1. The van der Waals surface area contributed by atoms with Gasteiger partial charge in [-0.15, -0.1) is 0 Å². The molecule has 0 unspecified atom stereocenters. The third-order valence-corrected chi connectivity index (χ3v) is 3.39. The van der Waals surface area contributed by atoms with Gasteiger partial charge < -0.3 is 4.74 Å². The third kappa shape index (κ3) is 2.19. The lowest BCUT2D eigenvalue weighted by Crippen LogP contribution is -2.56. The van der Waals surface area contributed by atoms with Gasteiger partial charge in [-0.1, -0.05) is 0 Å². The Labute approximate surface area is 116 Å². The Morgan fingerprint density at radius 3 is 1.95 bits per heavy atom. The molecule has 2 rings (SSSR count). The number of hydrogen-bond acceptors (Lipinski definition) is 4. The lowest BCUT2D eigenvalue weighted by atomic mass is 10.0. The fourth-order valence-electron chi connectivity index (χ4n) is 1.98. The van der Waals surface area contributed by atoms with Crippen LogP contribution in [0.15, 0.2) is 35.8 Å². The number of allylic oxidation sites excluding steroid dienone is 3. The number of nitrogens with zero attached hydrogens (tertiary/aromatic N) is 2. The molecular weight excluding hydrogens is 264 g/mol. The zero-order chi connectivity index (χ0) is 14.0. The summed E-state index contributed by atoms with van der Waals surface area (Å²) < 4.78 is 4.92. The molecule has 0 radical (unpaired) electrons. The molecule has 1 saturated heterocycles. The molecular formula is C13H14N2O3S. The van der Waals surface area contributed by atoms with Gasteiger partial charge in [0.1, 0.15) is 5.57 Å². The van der Waals surface area contributed by atoms with Crippen LogP contribution in [0.5, 0.6) is 0 Å². The van der Waals surface area contributed by atoms with Crippen LogP contribution >= 0.6 is 12.2 Å². The zero-order valence-electron chi connectivity index (χ0n) is 10.8. The summed E-state index contributed by atoms with van der Waals surface area (Å²) in [6.07, 6.45) is 6.06. The van der Waals surface area contributed by atoms with Crippen molar-refractivity contribution in [3.8, 4) is 0 Å². The van der Waals surface area contributed by atoms with E-state index in [1.807, 2.05) is 13.8 Å². The monoisotopic (exact) mass is 278 g/mol. The van der Waals surface area contributed by atoms with Gasteiger partial charge in [0.15, 0.2) is 5.11 Å². The lowest BCUT2D eigenvalue weighted by Gasteiger charge is -2.36. The van der Waals surface area contributed by atoms with Crippen LogP contribution in [0.1, 0.15) is 13.8 Å². The number of carbonyl (C=O) groups excluding carboxylic acids is 2. The SMILES string of the molecule is CCN1C(=O)C(=C2C=COC=C2)C(=O)N(CC)C1=S. The molecule has 1 fully saturated rings. The second-order valence-corrected chi connectivity index (χ2v) is 4.32. The predicted octanol–water partition coefficient (Wildman–Crippen LogP) is 1.34. The Balaban J connectivity index is 2.53. The minimum atomic E-state index is -0.353. The van der Waals surface area contributed by atoms with Crippen molar-refractivity contribution in [1.29, 1.82) is 0 Å². The highest BCUT2D eigenvalue weighted by molar-refractivity contribution is 7.80. The first-order valence-electron chi connectivity index (χ1n) is 6.02. The lowest BCUT2D eigenvalue weighted by molar-refractivity contribution is -0.133. The van der Waals surface area contributed by atoms with Crippen LogP contribution in [0.3, 0.4) is 0 Å². The molecule has 0 aliphatic carbocycles. The standard InChI is InChI=1S/C13H14N2O3S/c1-3-14-11(16)10(9-5-7-18-8-6-9)12(17)15(4-2)13(14)19/h5-8H,3-4H2,1-2H3. The van der Waals surface area contributed by atoms with Crippen molar-refractivity contribution in [2.75, 3.05) is 13.1 Å².